The van der Waals surface area contributed by atoms with Crippen LogP contribution in [-0.2, 0) is 10.1 Å². The molecule has 2 aromatic rings. The summed E-state index contributed by atoms with van der Waals surface area (Å²) < 4.78 is 30.7. The van der Waals surface area contributed by atoms with Crippen molar-refractivity contribution >= 4 is 85.7 Å². The number of nitrogens with two attached hydrogens (primary N) is 1. The average Bonchev–Trinajstić information content (AvgIpc) is 2.15. The number of hydrogen-bond donors (Lipinski definition) is 3. The molecular formula is C10H11NNa2O4S. The van der Waals surface area contributed by atoms with Gasteiger partial charge in [0, 0.05) is 17.1 Å². The van der Waals surface area contributed by atoms with Crippen LogP contribution in [0.1, 0.15) is 0 Å². The van der Waals surface area contributed by atoms with E-state index < -0.39 is 10.1 Å². The van der Waals surface area contributed by atoms with Crippen LogP contribution in [0.15, 0.2) is 35.2 Å². The van der Waals surface area contributed by atoms with Crippen LogP contribution >= 0.6 is 0 Å². The number of anilines is 1. The molecule has 0 heterocycles. The van der Waals surface area contributed by atoms with E-state index in [1.165, 1.54) is 12.1 Å². The normalized spacial score (nSPS) is 10.5. The number of phenols is 1. The fourth-order valence-corrected chi connectivity index (χ4v) is 2.03. The van der Waals surface area contributed by atoms with Crippen molar-refractivity contribution in [3.8, 4) is 5.75 Å². The predicted molar refractivity (Wildman–Crippen MR) is 74.1 cm³/mol. The molecule has 0 aliphatic carbocycles. The first-order valence-corrected chi connectivity index (χ1v) is 5.82. The van der Waals surface area contributed by atoms with Crippen molar-refractivity contribution in [2.75, 3.05) is 5.73 Å². The third kappa shape index (κ3) is 3.85. The van der Waals surface area contributed by atoms with E-state index in [4.69, 9.17) is 10.3 Å². The molecule has 18 heavy (non-hydrogen) atoms. The van der Waals surface area contributed by atoms with Crippen LogP contribution in [0, 0.1) is 0 Å². The zero-order valence-electron chi connectivity index (χ0n) is 8.08. The van der Waals surface area contributed by atoms with Crippen LogP contribution in [0.3, 0.4) is 0 Å². The Labute approximate surface area is 149 Å². The van der Waals surface area contributed by atoms with E-state index in [1.807, 2.05) is 0 Å². The van der Waals surface area contributed by atoms with Crippen LogP contribution in [0.5, 0.6) is 5.75 Å². The van der Waals surface area contributed by atoms with Gasteiger partial charge in [0.05, 0.1) is 4.90 Å². The molecule has 0 fully saturated rings. The summed E-state index contributed by atoms with van der Waals surface area (Å²) in [4.78, 5) is -0.358. The molecule has 8 heteroatoms. The molecular weight excluding hydrogens is 276 g/mol. The topological polar surface area (TPSA) is 101 Å². The van der Waals surface area contributed by atoms with Crippen LogP contribution in [-0.4, -0.2) is 77.2 Å². The number of benzene rings is 2. The van der Waals surface area contributed by atoms with Gasteiger partial charge in [-0.1, -0.05) is 0 Å². The minimum atomic E-state index is -4.33. The molecule has 5 nitrogen and oxygen atoms in total. The zero-order valence-corrected chi connectivity index (χ0v) is 8.90. The molecule has 0 amide bonds. The van der Waals surface area contributed by atoms with Crippen LogP contribution in [0.4, 0.5) is 5.69 Å². The second-order valence-electron chi connectivity index (χ2n) is 3.40. The summed E-state index contributed by atoms with van der Waals surface area (Å²) in [6, 6.07) is 6.93. The van der Waals surface area contributed by atoms with Crippen LogP contribution in [0.2, 0.25) is 0 Å². The van der Waals surface area contributed by atoms with Crippen molar-refractivity contribution in [2.24, 2.45) is 0 Å². The predicted octanol–water partition coefficient (Wildman–Crippen LogP) is 0.0773. The average molecular weight is 287 g/mol. The quantitative estimate of drug-likeness (QED) is 0.392. The van der Waals surface area contributed by atoms with E-state index in [0.29, 0.717) is 16.5 Å². The minimum absolute atomic E-state index is 0. The van der Waals surface area contributed by atoms with Crippen molar-refractivity contribution in [3.63, 3.8) is 0 Å². The first-order valence-electron chi connectivity index (χ1n) is 4.38. The molecule has 0 bridgehead atoms. The fourth-order valence-electron chi connectivity index (χ4n) is 1.49. The van der Waals surface area contributed by atoms with Gasteiger partial charge in [-0.15, -0.1) is 0 Å². The number of aromatic hydroxyl groups is 1. The standard InChI is InChI=1S/C10H9NO4S.2Na.2H/c11-7-1-2-9-6(3-7)4-8(5-10(9)12)16(13,14)15;;;;/h1-5,12H,11H2,(H,13,14,15);;;;. The maximum atomic E-state index is 10.9. The van der Waals surface area contributed by atoms with Crippen molar-refractivity contribution in [2.45, 2.75) is 4.90 Å². The molecule has 0 saturated heterocycles. The van der Waals surface area contributed by atoms with Gasteiger partial charge in [0.2, 0.25) is 0 Å². The van der Waals surface area contributed by atoms with Gasteiger partial charge < -0.3 is 10.8 Å². The molecule has 0 aromatic heterocycles. The molecule has 2 aromatic carbocycles. The van der Waals surface area contributed by atoms with E-state index in [2.05, 4.69) is 0 Å². The van der Waals surface area contributed by atoms with Crippen molar-refractivity contribution in [3.05, 3.63) is 30.3 Å². The molecule has 2 rings (SSSR count). The SMILES string of the molecule is Nc1ccc2c(O)cc(S(=O)(=O)O)cc2c1.[NaH].[NaH]. The van der Waals surface area contributed by atoms with E-state index in [0.717, 1.165) is 6.07 Å². The summed E-state index contributed by atoms with van der Waals surface area (Å²) >= 11 is 0. The van der Waals surface area contributed by atoms with E-state index in [-0.39, 0.29) is 69.8 Å². The Morgan fingerprint density at radius 3 is 2.22 bits per heavy atom. The molecule has 0 spiro atoms. The molecule has 0 aliphatic rings. The third-order valence-corrected chi connectivity index (χ3v) is 3.06. The Morgan fingerprint density at radius 1 is 1.06 bits per heavy atom. The van der Waals surface area contributed by atoms with E-state index >= 15 is 0 Å². The monoisotopic (exact) mass is 287 g/mol. The van der Waals surface area contributed by atoms with Crippen LogP contribution in [0.25, 0.3) is 10.8 Å². The van der Waals surface area contributed by atoms with Crippen molar-refractivity contribution in [1.29, 1.82) is 0 Å². The van der Waals surface area contributed by atoms with Gasteiger partial charge in [0.1, 0.15) is 5.75 Å². The molecule has 4 N–H and O–H groups in total. The first kappa shape index (κ1) is 18.2. The Hall–Kier alpha value is 0.210. The van der Waals surface area contributed by atoms with Crippen molar-refractivity contribution < 1.29 is 18.1 Å². The first-order chi connectivity index (χ1) is 7.38. The van der Waals surface area contributed by atoms with Gasteiger partial charge >= 0.3 is 59.1 Å². The summed E-state index contributed by atoms with van der Waals surface area (Å²) in [7, 11) is -4.33. The molecule has 0 radical (unpaired) electrons. The number of fused-ring (bicyclic) bond motifs is 1. The number of nitrogen functional groups attached to an aromatic ring is 1. The molecule has 0 atom stereocenters. The summed E-state index contributed by atoms with van der Waals surface area (Å²) in [5.74, 6) is -0.217. The summed E-state index contributed by atoms with van der Waals surface area (Å²) in [6.45, 7) is 0. The van der Waals surface area contributed by atoms with Gasteiger partial charge in [-0.2, -0.15) is 8.42 Å². The Kier molecular flexibility index (Phi) is 6.66. The number of phenolic OH excluding ortho intramolecular Hbond substituents is 1. The molecule has 0 saturated carbocycles. The summed E-state index contributed by atoms with van der Waals surface area (Å²) in [5, 5.41) is 10.5. The summed E-state index contributed by atoms with van der Waals surface area (Å²) in [6.07, 6.45) is 0. The van der Waals surface area contributed by atoms with Gasteiger partial charge in [-0.05, 0) is 29.7 Å². The second kappa shape index (κ2) is 6.58. The third-order valence-electron chi connectivity index (χ3n) is 2.23. The number of rotatable bonds is 1. The molecule has 0 unspecified atom stereocenters. The molecule has 88 valence electrons. The van der Waals surface area contributed by atoms with Gasteiger partial charge in [-0.3, -0.25) is 4.55 Å². The number of hydrogen-bond acceptors (Lipinski definition) is 4. The summed E-state index contributed by atoms with van der Waals surface area (Å²) in [5.41, 5.74) is 5.98. The maximum absolute atomic E-state index is 10.9. The second-order valence-corrected chi connectivity index (χ2v) is 4.82. The van der Waals surface area contributed by atoms with Crippen LogP contribution < -0.4 is 5.73 Å². The van der Waals surface area contributed by atoms with Gasteiger partial charge in [0.25, 0.3) is 10.1 Å². The molecule has 0 aliphatic heterocycles. The van der Waals surface area contributed by atoms with Crippen molar-refractivity contribution in [1.82, 2.24) is 0 Å². The van der Waals surface area contributed by atoms with E-state index in [9.17, 15) is 13.5 Å². The fraction of sp³-hybridized carbons (Fsp3) is 0. The zero-order chi connectivity index (χ0) is 11.9. The Balaban J connectivity index is 0.00000144. The Morgan fingerprint density at radius 2 is 1.67 bits per heavy atom. The Bertz CT molecular complexity index is 673. The van der Waals surface area contributed by atoms with Gasteiger partial charge in [-0.25, -0.2) is 0 Å². The van der Waals surface area contributed by atoms with Gasteiger partial charge in [0.15, 0.2) is 0 Å². The van der Waals surface area contributed by atoms with E-state index in [1.54, 1.807) is 12.1 Å².